The van der Waals surface area contributed by atoms with E-state index in [1.54, 1.807) is 0 Å². The average molecular weight is 708 g/mol. The highest BCUT2D eigenvalue weighted by Crippen LogP contribution is 2.21. The highest BCUT2D eigenvalue weighted by Gasteiger charge is 2.14. The minimum atomic E-state index is -0.00122. The molecule has 5 heteroatoms. The van der Waals surface area contributed by atoms with Crippen LogP contribution >= 0.6 is 0 Å². The summed E-state index contributed by atoms with van der Waals surface area (Å²) in [5.41, 5.74) is 0. The van der Waals surface area contributed by atoms with E-state index in [2.05, 4.69) is 39.6 Å². The van der Waals surface area contributed by atoms with E-state index in [1.807, 2.05) is 0 Å². The highest BCUT2D eigenvalue weighted by atomic mass is 16.5. The van der Waals surface area contributed by atoms with Crippen LogP contribution < -0.4 is 0 Å². The molecule has 0 aromatic carbocycles. The third-order valence-corrected chi connectivity index (χ3v) is 10.7. The fraction of sp³-hybridized carbons (Fsp3) is 0.956. The zero-order valence-electron chi connectivity index (χ0n) is 34.7. The van der Waals surface area contributed by atoms with Crippen LogP contribution in [-0.4, -0.2) is 50.2 Å². The number of ether oxygens (including phenoxy) is 2. The molecule has 0 bridgehead atoms. The summed E-state index contributed by atoms with van der Waals surface area (Å²) in [6.45, 7) is 12.4. The van der Waals surface area contributed by atoms with E-state index in [1.165, 1.54) is 154 Å². The minimum Gasteiger partial charge on any atom is -0.465 e. The Labute approximate surface area is 313 Å². The molecule has 2 atom stereocenters. The molecule has 0 spiro atoms. The standard InChI is InChI=1S/C45H89NO4/c1-6-10-14-18-20-26-34-42(32-24-16-12-8-3)40-49-44(47)36-28-22-30-38-46(5)39-31-23-29-37-45(48)50-41-43(33-25-17-13-9-4)35-27-21-19-15-11-7-2/h42-43H,6-41H2,1-5H3. The monoisotopic (exact) mass is 708 g/mol. The molecule has 0 heterocycles. The number of nitrogens with zero attached hydrogens (tertiary/aromatic N) is 1. The molecule has 0 aromatic heterocycles. The van der Waals surface area contributed by atoms with Crippen molar-refractivity contribution < 1.29 is 19.1 Å². The molecule has 298 valence electrons. The summed E-state index contributed by atoms with van der Waals surface area (Å²) < 4.78 is 11.6. The van der Waals surface area contributed by atoms with Crippen LogP contribution in [0.1, 0.15) is 233 Å². The lowest BCUT2D eigenvalue weighted by molar-refractivity contribution is -0.146. The Morgan fingerprint density at radius 1 is 0.400 bits per heavy atom. The maximum atomic E-state index is 12.5. The Morgan fingerprint density at radius 3 is 1.02 bits per heavy atom. The van der Waals surface area contributed by atoms with Gasteiger partial charge in [0.2, 0.25) is 0 Å². The summed E-state index contributed by atoms with van der Waals surface area (Å²) in [6, 6.07) is 0. The molecule has 0 aliphatic heterocycles. The normalized spacial score (nSPS) is 12.8. The van der Waals surface area contributed by atoms with Crippen LogP contribution in [0.3, 0.4) is 0 Å². The van der Waals surface area contributed by atoms with Crippen molar-refractivity contribution in [2.45, 2.75) is 233 Å². The van der Waals surface area contributed by atoms with Crippen molar-refractivity contribution >= 4 is 11.9 Å². The van der Waals surface area contributed by atoms with Gasteiger partial charge >= 0.3 is 11.9 Å². The number of carbonyl (C=O) groups excluding carboxylic acids is 2. The summed E-state index contributed by atoms with van der Waals surface area (Å²) in [6.07, 6.45) is 38.4. The van der Waals surface area contributed by atoms with Crippen molar-refractivity contribution in [2.24, 2.45) is 11.8 Å². The maximum Gasteiger partial charge on any atom is 0.305 e. The minimum absolute atomic E-state index is 0.00122. The van der Waals surface area contributed by atoms with Crippen molar-refractivity contribution in [2.75, 3.05) is 33.4 Å². The van der Waals surface area contributed by atoms with E-state index in [4.69, 9.17) is 9.47 Å². The molecule has 5 nitrogen and oxygen atoms in total. The number of hydrogen-bond donors (Lipinski definition) is 0. The fourth-order valence-electron chi connectivity index (χ4n) is 7.10. The molecule has 0 saturated carbocycles. The lowest BCUT2D eigenvalue weighted by atomic mass is 9.95. The van der Waals surface area contributed by atoms with Gasteiger partial charge in [-0.2, -0.15) is 0 Å². The van der Waals surface area contributed by atoms with E-state index >= 15 is 0 Å². The quantitative estimate of drug-likeness (QED) is 0.0469. The first-order valence-electron chi connectivity index (χ1n) is 22.5. The fourth-order valence-corrected chi connectivity index (χ4v) is 7.10. The maximum absolute atomic E-state index is 12.5. The highest BCUT2D eigenvalue weighted by molar-refractivity contribution is 5.69. The second-order valence-corrected chi connectivity index (χ2v) is 15.8. The Balaban J connectivity index is 4.02. The number of rotatable bonds is 40. The lowest BCUT2D eigenvalue weighted by Crippen LogP contribution is -2.21. The molecule has 0 radical (unpaired) electrons. The van der Waals surface area contributed by atoms with Gasteiger partial charge in [-0.1, -0.05) is 169 Å². The molecule has 0 amide bonds. The Morgan fingerprint density at radius 2 is 0.680 bits per heavy atom. The summed E-state index contributed by atoms with van der Waals surface area (Å²) in [7, 11) is 2.19. The summed E-state index contributed by atoms with van der Waals surface area (Å²) in [5.74, 6) is 1.08. The average Bonchev–Trinajstić information content (AvgIpc) is 3.11. The van der Waals surface area contributed by atoms with Gasteiger partial charge in [-0.05, 0) is 83.3 Å². The van der Waals surface area contributed by atoms with Crippen LogP contribution in [0, 0.1) is 11.8 Å². The number of esters is 2. The van der Waals surface area contributed by atoms with Crippen LogP contribution in [0.2, 0.25) is 0 Å². The van der Waals surface area contributed by atoms with Crippen LogP contribution in [0.4, 0.5) is 0 Å². The van der Waals surface area contributed by atoms with Gasteiger partial charge in [0.1, 0.15) is 0 Å². The van der Waals surface area contributed by atoms with Gasteiger partial charge in [0.15, 0.2) is 0 Å². The molecule has 0 N–H and O–H groups in total. The third kappa shape index (κ3) is 35.3. The van der Waals surface area contributed by atoms with Crippen LogP contribution in [0.5, 0.6) is 0 Å². The van der Waals surface area contributed by atoms with Gasteiger partial charge in [-0.3, -0.25) is 9.59 Å². The molecule has 0 aliphatic rings. The van der Waals surface area contributed by atoms with E-state index in [9.17, 15) is 9.59 Å². The third-order valence-electron chi connectivity index (χ3n) is 10.7. The zero-order chi connectivity index (χ0) is 36.8. The Bertz CT molecular complexity index is 655. The SMILES string of the molecule is CCCCCCCCC(CCCCCC)COC(=O)CCCCCN(C)CCCCCC(=O)OCC(CCCCCC)CCCCCCCC. The van der Waals surface area contributed by atoms with Gasteiger partial charge in [-0.15, -0.1) is 0 Å². The predicted molar refractivity (Wildman–Crippen MR) is 217 cm³/mol. The molecule has 0 aliphatic carbocycles. The first-order chi connectivity index (χ1) is 24.5. The van der Waals surface area contributed by atoms with E-state index in [-0.39, 0.29) is 11.9 Å². The van der Waals surface area contributed by atoms with Crippen molar-refractivity contribution in [1.29, 1.82) is 0 Å². The lowest BCUT2D eigenvalue weighted by Gasteiger charge is -2.18. The van der Waals surface area contributed by atoms with Gasteiger partial charge < -0.3 is 14.4 Å². The van der Waals surface area contributed by atoms with Gasteiger partial charge in [0.05, 0.1) is 13.2 Å². The predicted octanol–water partition coefficient (Wildman–Crippen LogP) is 13.8. The van der Waals surface area contributed by atoms with Crippen LogP contribution in [0.25, 0.3) is 0 Å². The zero-order valence-corrected chi connectivity index (χ0v) is 34.7. The first-order valence-corrected chi connectivity index (χ1v) is 22.5. The Hall–Kier alpha value is -1.10. The van der Waals surface area contributed by atoms with Crippen LogP contribution in [-0.2, 0) is 19.1 Å². The topological polar surface area (TPSA) is 55.8 Å². The summed E-state index contributed by atoms with van der Waals surface area (Å²) in [5, 5.41) is 0. The number of hydrogen-bond acceptors (Lipinski definition) is 5. The Kier molecular flexibility index (Phi) is 38.3. The smallest absolute Gasteiger partial charge is 0.305 e. The second-order valence-electron chi connectivity index (χ2n) is 15.8. The largest absolute Gasteiger partial charge is 0.465 e. The molecule has 0 saturated heterocycles. The van der Waals surface area contributed by atoms with Crippen molar-refractivity contribution in [3.63, 3.8) is 0 Å². The summed E-state index contributed by atoms with van der Waals surface area (Å²) >= 11 is 0. The van der Waals surface area contributed by atoms with E-state index in [0.717, 1.165) is 51.6 Å². The molecule has 0 fully saturated rings. The molecular formula is C45H89NO4. The molecular weight excluding hydrogens is 618 g/mol. The second kappa shape index (κ2) is 39.1. The van der Waals surface area contributed by atoms with Crippen molar-refractivity contribution in [3.05, 3.63) is 0 Å². The number of carbonyl (C=O) groups is 2. The van der Waals surface area contributed by atoms with Gasteiger partial charge in [0, 0.05) is 12.8 Å². The van der Waals surface area contributed by atoms with Gasteiger partial charge in [-0.25, -0.2) is 0 Å². The van der Waals surface area contributed by atoms with E-state index in [0.29, 0.717) is 37.9 Å². The molecule has 0 rings (SSSR count). The van der Waals surface area contributed by atoms with E-state index < -0.39 is 0 Å². The van der Waals surface area contributed by atoms with Gasteiger partial charge in [0.25, 0.3) is 0 Å². The van der Waals surface area contributed by atoms with Crippen molar-refractivity contribution in [3.8, 4) is 0 Å². The van der Waals surface area contributed by atoms with Crippen molar-refractivity contribution in [1.82, 2.24) is 4.90 Å². The van der Waals surface area contributed by atoms with Crippen LogP contribution in [0.15, 0.2) is 0 Å². The molecule has 0 aromatic rings. The molecule has 2 unspecified atom stereocenters. The molecule has 50 heavy (non-hydrogen) atoms. The summed E-state index contributed by atoms with van der Waals surface area (Å²) in [4.78, 5) is 27.3. The first kappa shape index (κ1) is 48.9. The number of unbranched alkanes of at least 4 members (excludes halogenated alkanes) is 20.